The molecule has 1 heterocycles. The second-order valence-corrected chi connectivity index (χ2v) is 3.80. The van der Waals surface area contributed by atoms with Crippen molar-refractivity contribution in [1.82, 2.24) is 15.2 Å². The standard InChI is InChI=1S/C12H18N4/c1-14-12(9-13)10-16(2)8-6-11-5-3-4-7-15-11/h3-5,7,12,14H,6,8,10H2,1-2H3. The summed E-state index contributed by atoms with van der Waals surface area (Å²) in [5.41, 5.74) is 1.09. The van der Waals surface area contributed by atoms with Crippen LogP contribution in [0.4, 0.5) is 0 Å². The molecular formula is C12H18N4. The summed E-state index contributed by atoms with van der Waals surface area (Å²) in [6, 6.07) is 8.04. The number of nitriles is 1. The maximum Gasteiger partial charge on any atom is 0.108 e. The monoisotopic (exact) mass is 218 g/mol. The number of likely N-dealkylation sites (N-methyl/N-ethyl adjacent to an activating group) is 2. The van der Waals surface area contributed by atoms with Crippen molar-refractivity contribution in [3.05, 3.63) is 30.1 Å². The van der Waals surface area contributed by atoms with Crippen LogP contribution in [0, 0.1) is 11.3 Å². The summed E-state index contributed by atoms with van der Waals surface area (Å²) >= 11 is 0. The number of nitrogens with one attached hydrogen (secondary N) is 1. The van der Waals surface area contributed by atoms with Crippen molar-refractivity contribution in [2.24, 2.45) is 0 Å². The number of pyridine rings is 1. The van der Waals surface area contributed by atoms with E-state index >= 15 is 0 Å². The largest absolute Gasteiger partial charge is 0.304 e. The lowest BCUT2D eigenvalue weighted by Crippen LogP contribution is -2.37. The molecule has 1 rings (SSSR count). The summed E-state index contributed by atoms with van der Waals surface area (Å²) in [5.74, 6) is 0. The lowest BCUT2D eigenvalue weighted by molar-refractivity contribution is 0.318. The molecule has 0 radical (unpaired) electrons. The van der Waals surface area contributed by atoms with E-state index in [0.717, 1.165) is 25.2 Å². The van der Waals surface area contributed by atoms with Crippen molar-refractivity contribution in [3.8, 4) is 6.07 Å². The van der Waals surface area contributed by atoms with Gasteiger partial charge in [-0.15, -0.1) is 0 Å². The summed E-state index contributed by atoms with van der Waals surface area (Å²) in [5, 5.41) is 11.8. The van der Waals surface area contributed by atoms with Crippen molar-refractivity contribution in [1.29, 1.82) is 5.26 Å². The average Bonchev–Trinajstić information content (AvgIpc) is 2.34. The molecule has 0 fully saturated rings. The Bertz CT molecular complexity index is 331. The molecule has 86 valence electrons. The Morgan fingerprint density at radius 1 is 1.56 bits per heavy atom. The van der Waals surface area contributed by atoms with Crippen LogP contribution < -0.4 is 5.32 Å². The zero-order valence-electron chi connectivity index (χ0n) is 9.85. The molecule has 0 aliphatic carbocycles. The molecule has 0 amide bonds. The fourth-order valence-corrected chi connectivity index (χ4v) is 1.45. The molecule has 0 bridgehead atoms. The highest BCUT2D eigenvalue weighted by Crippen LogP contribution is 1.97. The summed E-state index contributed by atoms with van der Waals surface area (Å²) in [4.78, 5) is 6.40. The molecule has 0 aliphatic rings. The van der Waals surface area contributed by atoms with E-state index in [4.69, 9.17) is 5.26 Å². The molecule has 1 unspecified atom stereocenters. The van der Waals surface area contributed by atoms with Gasteiger partial charge in [-0.25, -0.2) is 0 Å². The highest BCUT2D eigenvalue weighted by molar-refractivity contribution is 5.03. The number of hydrogen-bond donors (Lipinski definition) is 1. The van der Waals surface area contributed by atoms with Gasteiger partial charge < -0.3 is 10.2 Å². The van der Waals surface area contributed by atoms with Gasteiger partial charge in [-0.1, -0.05) is 6.07 Å². The first-order valence-corrected chi connectivity index (χ1v) is 5.41. The SMILES string of the molecule is CNC(C#N)CN(C)CCc1ccccn1. The molecule has 4 nitrogen and oxygen atoms in total. The van der Waals surface area contributed by atoms with E-state index in [-0.39, 0.29) is 6.04 Å². The lowest BCUT2D eigenvalue weighted by atomic mass is 10.2. The first-order chi connectivity index (χ1) is 7.76. The summed E-state index contributed by atoms with van der Waals surface area (Å²) < 4.78 is 0. The fourth-order valence-electron chi connectivity index (χ4n) is 1.45. The topological polar surface area (TPSA) is 52.0 Å². The van der Waals surface area contributed by atoms with Gasteiger partial charge in [0.2, 0.25) is 0 Å². The molecular weight excluding hydrogens is 200 g/mol. The fraction of sp³-hybridized carbons (Fsp3) is 0.500. The van der Waals surface area contributed by atoms with Crippen molar-refractivity contribution >= 4 is 0 Å². The van der Waals surface area contributed by atoms with E-state index in [9.17, 15) is 0 Å². The summed E-state index contributed by atoms with van der Waals surface area (Å²) in [7, 11) is 3.82. The van der Waals surface area contributed by atoms with Crippen LogP contribution in [0.15, 0.2) is 24.4 Å². The minimum Gasteiger partial charge on any atom is -0.304 e. The van der Waals surface area contributed by atoms with Crippen LogP contribution in [0.2, 0.25) is 0 Å². The number of rotatable bonds is 6. The number of hydrogen-bond acceptors (Lipinski definition) is 4. The maximum atomic E-state index is 8.81. The number of nitrogens with zero attached hydrogens (tertiary/aromatic N) is 3. The Morgan fingerprint density at radius 3 is 2.94 bits per heavy atom. The van der Waals surface area contributed by atoms with Crippen LogP contribution in [0.1, 0.15) is 5.69 Å². The van der Waals surface area contributed by atoms with E-state index in [1.165, 1.54) is 0 Å². The van der Waals surface area contributed by atoms with Crippen LogP contribution in [0.3, 0.4) is 0 Å². The van der Waals surface area contributed by atoms with Gasteiger partial charge in [0.05, 0.1) is 6.07 Å². The quantitative estimate of drug-likeness (QED) is 0.762. The molecule has 1 N–H and O–H groups in total. The van der Waals surface area contributed by atoms with E-state index in [2.05, 4.69) is 21.3 Å². The molecule has 1 aromatic rings. The molecule has 0 saturated heterocycles. The summed E-state index contributed by atoms with van der Waals surface area (Å²) in [6.45, 7) is 1.65. The van der Waals surface area contributed by atoms with Gasteiger partial charge >= 0.3 is 0 Å². The van der Waals surface area contributed by atoms with Gasteiger partial charge in [0.15, 0.2) is 0 Å². The molecule has 4 heteroatoms. The molecule has 0 saturated carbocycles. The predicted molar refractivity (Wildman–Crippen MR) is 63.9 cm³/mol. The molecule has 1 atom stereocenters. The van der Waals surface area contributed by atoms with Gasteiger partial charge in [-0.3, -0.25) is 4.98 Å². The maximum absolute atomic E-state index is 8.81. The number of aromatic nitrogens is 1. The molecule has 0 aromatic carbocycles. The van der Waals surface area contributed by atoms with E-state index in [1.54, 1.807) is 13.2 Å². The Balaban J connectivity index is 2.30. The normalized spacial score (nSPS) is 12.4. The second kappa shape index (κ2) is 6.94. The third-order valence-corrected chi connectivity index (χ3v) is 2.47. The van der Waals surface area contributed by atoms with Crippen LogP contribution >= 0.6 is 0 Å². The van der Waals surface area contributed by atoms with E-state index < -0.39 is 0 Å². The molecule has 16 heavy (non-hydrogen) atoms. The third kappa shape index (κ3) is 4.39. The van der Waals surface area contributed by atoms with Gasteiger partial charge in [-0.05, 0) is 26.2 Å². The first kappa shape index (κ1) is 12.6. The van der Waals surface area contributed by atoms with Gasteiger partial charge in [0.1, 0.15) is 6.04 Å². The minimum atomic E-state index is -0.103. The summed E-state index contributed by atoms with van der Waals surface area (Å²) in [6.07, 6.45) is 2.72. The van der Waals surface area contributed by atoms with Gasteiger partial charge in [0.25, 0.3) is 0 Å². The van der Waals surface area contributed by atoms with Crippen molar-refractivity contribution in [2.75, 3.05) is 27.2 Å². The Hall–Kier alpha value is -1.44. The van der Waals surface area contributed by atoms with Gasteiger partial charge in [-0.2, -0.15) is 5.26 Å². The Labute approximate surface area is 96.9 Å². The van der Waals surface area contributed by atoms with E-state index in [0.29, 0.717) is 0 Å². The van der Waals surface area contributed by atoms with Crippen LogP contribution in [-0.4, -0.2) is 43.1 Å². The van der Waals surface area contributed by atoms with E-state index in [1.807, 2.05) is 25.2 Å². The van der Waals surface area contributed by atoms with Crippen molar-refractivity contribution in [2.45, 2.75) is 12.5 Å². The lowest BCUT2D eigenvalue weighted by Gasteiger charge is -2.18. The van der Waals surface area contributed by atoms with Gasteiger partial charge in [0, 0.05) is 31.4 Å². The zero-order chi connectivity index (χ0) is 11.8. The molecule has 0 spiro atoms. The van der Waals surface area contributed by atoms with Crippen molar-refractivity contribution in [3.63, 3.8) is 0 Å². The third-order valence-electron chi connectivity index (χ3n) is 2.47. The Morgan fingerprint density at radius 2 is 2.38 bits per heavy atom. The van der Waals surface area contributed by atoms with Crippen LogP contribution in [0.25, 0.3) is 0 Å². The van der Waals surface area contributed by atoms with Crippen LogP contribution in [0.5, 0.6) is 0 Å². The highest BCUT2D eigenvalue weighted by atomic mass is 15.1. The van der Waals surface area contributed by atoms with Crippen LogP contribution in [-0.2, 0) is 6.42 Å². The smallest absolute Gasteiger partial charge is 0.108 e. The van der Waals surface area contributed by atoms with Crippen molar-refractivity contribution < 1.29 is 0 Å². The Kier molecular flexibility index (Phi) is 5.48. The zero-order valence-corrected chi connectivity index (χ0v) is 9.85. The first-order valence-electron chi connectivity index (χ1n) is 5.41. The second-order valence-electron chi connectivity index (χ2n) is 3.80. The average molecular weight is 218 g/mol. The highest BCUT2D eigenvalue weighted by Gasteiger charge is 2.07. The molecule has 1 aromatic heterocycles. The minimum absolute atomic E-state index is 0.103. The predicted octanol–water partition coefficient (Wildman–Crippen LogP) is 0.667. The molecule has 0 aliphatic heterocycles.